The molecule has 0 N–H and O–H groups in total. The molecule has 2 aliphatic rings. The fraction of sp³-hybridized carbons (Fsp3) is 0.846. The Hall–Kier alpha value is 0.1000. The molecule has 0 aromatic rings. The van der Waals surface area contributed by atoms with Gasteiger partial charge in [-0.3, -0.25) is 9.80 Å². The van der Waals surface area contributed by atoms with Crippen molar-refractivity contribution in [2.45, 2.75) is 25.3 Å². The Kier molecular flexibility index (Phi) is 5.48. The number of ether oxygens (including phenoxy) is 1. The molecule has 17 heavy (non-hydrogen) atoms. The summed E-state index contributed by atoms with van der Waals surface area (Å²) in [7, 11) is 0. The number of rotatable bonds is 4. The van der Waals surface area contributed by atoms with Crippen LogP contribution in [0.3, 0.4) is 0 Å². The Labute approximate surface area is 113 Å². The van der Waals surface area contributed by atoms with Crippen LogP contribution in [0.15, 0.2) is 11.1 Å². The van der Waals surface area contributed by atoms with Gasteiger partial charge in [-0.05, 0) is 19.4 Å². The number of halogens is 1. The third-order valence-corrected chi connectivity index (χ3v) is 3.95. The molecule has 0 bridgehead atoms. The van der Waals surface area contributed by atoms with E-state index in [1.165, 1.54) is 32.4 Å². The Bertz CT molecular complexity index is 254. The highest BCUT2D eigenvalue weighted by molar-refractivity contribution is 9.11. The molecule has 2 saturated heterocycles. The minimum absolute atomic E-state index is 0.705. The van der Waals surface area contributed by atoms with E-state index in [0.717, 1.165) is 37.3 Å². The normalized spacial score (nSPS) is 28.2. The first-order valence-corrected chi connectivity index (χ1v) is 7.42. The first-order chi connectivity index (χ1) is 8.25. The van der Waals surface area contributed by atoms with Gasteiger partial charge in [0, 0.05) is 36.7 Å². The lowest BCUT2D eigenvalue weighted by molar-refractivity contribution is 0.0185. The predicted molar refractivity (Wildman–Crippen MR) is 74.5 cm³/mol. The third kappa shape index (κ3) is 4.36. The summed E-state index contributed by atoms with van der Waals surface area (Å²) in [4.78, 5) is 5.12. The van der Waals surface area contributed by atoms with E-state index in [1.54, 1.807) is 0 Å². The fourth-order valence-electron chi connectivity index (χ4n) is 2.78. The quantitative estimate of drug-likeness (QED) is 0.791. The maximum absolute atomic E-state index is 5.40. The highest BCUT2D eigenvalue weighted by atomic mass is 79.9. The average Bonchev–Trinajstić information content (AvgIpc) is 2.32. The molecule has 2 fully saturated rings. The Morgan fingerprint density at radius 1 is 1.24 bits per heavy atom. The van der Waals surface area contributed by atoms with Crippen molar-refractivity contribution < 1.29 is 4.74 Å². The van der Waals surface area contributed by atoms with Gasteiger partial charge in [0.15, 0.2) is 0 Å². The summed E-state index contributed by atoms with van der Waals surface area (Å²) in [5.41, 5.74) is 0. The maximum Gasteiger partial charge on any atom is 0.0594 e. The van der Waals surface area contributed by atoms with Crippen molar-refractivity contribution in [1.29, 1.82) is 0 Å². The summed E-state index contributed by atoms with van der Waals surface area (Å²) in [6.07, 6.45) is 4.04. The highest BCUT2D eigenvalue weighted by Gasteiger charge is 2.25. The van der Waals surface area contributed by atoms with E-state index < -0.39 is 0 Å². The summed E-state index contributed by atoms with van der Waals surface area (Å²) in [6, 6.07) is 0.705. The molecule has 2 rings (SSSR count). The lowest BCUT2D eigenvalue weighted by atomic mass is 10.0. The van der Waals surface area contributed by atoms with Crippen molar-refractivity contribution in [3.05, 3.63) is 11.1 Å². The number of hydrogen-bond donors (Lipinski definition) is 0. The molecule has 0 aromatic heterocycles. The smallest absolute Gasteiger partial charge is 0.0594 e. The second-order valence-electron chi connectivity index (χ2n) is 5.05. The minimum atomic E-state index is 0.705. The van der Waals surface area contributed by atoms with Crippen LogP contribution < -0.4 is 0 Å². The first kappa shape index (κ1) is 13.5. The van der Waals surface area contributed by atoms with Crippen LogP contribution in [-0.4, -0.2) is 61.8 Å². The molecular formula is C13H23BrN2O. The van der Waals surface area contributed by atoms with E-state index in [9.17, 15) is 0 Å². The molecule has 3 nitrogen and oxygen atoms in total. The molecule has 0 aromatic carbocycles. The van der Waals surface area contributed by atoms with Gasteiger partial charge in [-0.15, -0.1) is 0 Å². The van der Waals surface area contributed by atoms with Crippen molar-refractivity contribution in [2.75, 3.05) is 45.9 Å². The molecule has 0 radical (unpaired) electrons. The van der Waals surface area contributed by atoms with Gasteiger partial charge in [-0.25, -0.2) is 0 Å². The van der Waals surface area contributed by atoms with Gasteiger partial charge in [0.05, 0.1) is 13.2 Å². The van der Waals surface area contributed by atoms with Gasteiger partial charge in [0.2, 0.25) is 0 Å². The number of piperidine rings is 1. The molecule has 1 atom stereocenters. The van der Waals surface area contributed by atoms with Crippen LogP contribution in [0.25, 0.3) is 0 Å². The van der Waals surface area contributed by atoms with Crippen LogP contribution in [0.2, 0.25) is 0 Å². The van der Waals surface area contributed by atoms with Crippen molar-refractivity contribution in [1.82, 2.24) is 9.80 Å². The fourth-order valence-corrected chi connectivity index (χ4v) is 3.10. The molecular weight excluding hydrogens is 280 g/mol. The van der Waals surface area contributed by atoms with Gasteiger partial charge in [0.1, 0.15) is 0 Å². The van der Waals surface area contributed by atoms with Crippen LogP contribution >= 0.6 is 15.9 Å². The molecule has 0 saturated carbocycles. The zero-order valence-electron chi connectivity index (χ0n) is 10.5. The summed E-state index contributed by atoms with van der Waals surface area (Å²) in [5.74, 6) is 0. The molecule has 4 heteroatoms. The zero-order valence-corrected chi connectivity index (χ0v) is 12.1. The van der Waals surface area contributed by atoms with Crippen LogP contribution in [0.1, 0.15) is 19.3 Å². The number of hydrogen-bond acceptors (Lipinski definition) is 3. The summed E-state index contributed by atoms with van der Waals surface area (Å²) in [5, 5.41) is 0. The highest BCUT2D eigenvalue weighted by Crippen LogP contribution is 2.20. The Balaban J connectivity index is 1.84. The lowest BCUT2D eigenvalue weighted by Crippen LogP contribution is -2.49. The van der Waals surface area contributed by atoms with Crippen LogP contribution in [0, 0.1) is 0 Å². The molecule has 2 heterocycles. The molecule has 0 spiro atoms. The Morgan fingerprint density at radius 3 is 2.71 bits per heavy atom. The molecule has 2 aliphatic heterocycles. The average molecular weight is 303 g/mol. The second kappa shape index (κ2) is 6.88. The minimum Gasteiger partial charge on any atom is -0.379 e. The summed E-state index contributed by atoms with van der Waals surface area (Å²) in [6.45, 7) is 11.4. The van der Waals surface area contributed by atoms with E-state index in [1.807, 2.05) is 0 Å². The maximum atomic E-state index is 5.40. The van der Waals surface area contributed by atoms with E-state index >= 15 is 0 Å². The standard InChI is InChI=1S/C13H23BrN2O/c1-12(14)10-16-5-3-2-4-13(16)11-15-6-8-17-9-7-15/h13H,1-11H2/t13-/m1/s1. The summed E-state index contributed by atoms with van der Waals surface area (Å²) >= 11 is 3.49. The topological polar surface area (TPSA) is 15.7 Å². The second-order valence-corrected chi connectivity index (χ2v) is 6.17. The van der Waals surface area contributed by atoms with Gasteiger partial charge in [-0.2, -0.15) is 0 Å². The van der Waals surface area contributed by atoms with E-state index in [2.05, 4.69) is 32.3 Å². The SMILES string of the molecule is C=C(Br)CN1CCCC[C@@H]1CN1CCOCC1. The molecule has 0 amide bonds. The molecule has 0 aliphatic carbocycles. The van der Waals surface area contributed by atoms with E-state index in [-0.39, 0.29) is 0 Å². The van der Waals surface area contributed by atoms with Gasteiger partial charge < -0.3 is 4.74 Å². The number of likely N-dealkylation sites (tertiary alicyclic amines) is 1. The van der Waals surface area contributed by atoms with Crippen molar-refractivity contribution in [3.63, 3.8) is 0 Å². The van der Waals surface area contributed by atoms with Crippen molar-refractivity contribution >= 4 is 15.9 Å². The van der Waals surface area contributed by atoms with E-state index in [0.29, 0.717) is 6.04 Å². The van der Waals surface area contributed by atoms with Crippen molar-refractivity contribution in [2.24, 2.45) is 0 Å². The Morgan fingerprint density at radius 2 is 2.00 bits per heavy atom. The zero-order chi connectivity index (χ0) is 12.1. The number of nitrogens with zero attached hydrogens (tertiary/aromatic N) is 2. The van der Waals surface area contributed by atoms with Crippen LogP contribution in [0.5, 0.6) is 0 Å². The first-order valence-electron chi connectivity index (χ1n) is 6.63. The number of morpholine rings is 1. The van der Waals surface area contributed by atoms with Crippen LogP contribution in [0.4, 0.5) is 0 Å². The predicted octanol–water partition coefficient (Wildman–Crippen LogP) is 2.08. The third-order valence-electron chi connectivity index (χ3n) is 3.70. The lowest BCUT2D eigenvalue weighted by Gasteiger charge is -2.39. The van der Waals surface area contributed by atoms with Gasteiger partial charge in [-0.1, -0.05) is 28.9 Å². The summed E-state index contributed by atoms with van der Waals surface area (Å²) < 4.78 is 6.51. The van der Waals surface area contributed by atoms with Crippen LogP contribution in [-0.2, 0) is 4.74 Å². The largest absolute Gasteiger partial charge is 0.379 e. The van der Waals surface area contributed by atoms with Crippen molar-refractivity contribution in [3.8, 4) is 0 Å². The molecule has 98 valence electrons. The van der Waals surface area contributed by atoms with Gasteiger partial charge in [0.25, 0.3) is 0 Å². The monoisotopic (exact) mass is 302 g/mol. The van der Waals surface area contributed by atoms with Gasteiger partial charge >= 0.3 is 0 Å². The van der Waals surface area contributed by atoms with E-state index in [4.69, 9.17) is 4.74 Å². The molecule has 0 unspecified atom stereocenters.